The van der Waals surface area contributed by atoms with Crippen molar-refractivity contribution in [2.24, 2.45) is 5.14 Å². The predicted octanol–water partition coefficient (Wildman–Crippen LogP) is 2.49. The number of halogens is 2. The second-order valence-electron chi connectivity index (χ2n) is 4.15. The van der Waals surface area contributed by atoms with E-state index in [-0.39, 0.29) is 16.1 Å². The number of hydrogen-bond acceptors (Lipinski definition) is 3. The minimum Gasteiger partial charge on any atom is -0.322 e. The van der Waals surface area contributed by atoms with Crippen LogP contribution in [0.25, 0.3) is 0 Å². The number of nitrogens with two attached hydrogens (primary N) is 1. The molecule has 0 saturated carbocycles. The molecule has 0 unspecified atom stereocenters. The highest BCUT2D eigenvalue weighted by atomic mass is 79.9. The van der Waals surface area contributed by atoms with E-state index in [0.29, 0.717) is 4.47 Å². The fraction of sp³-hybridized carbons (Fsp3) is 0. The highest BCUT2D eigenvalue weighted by Gasteiger charge is 2.13. The Labute approximate surface area is 129 Å². The van der Waals surface area contributed by atoms with Crippen molar-refractivity contribution in [3.05, 3.63) is 58.3 Å². The van der Waals surface area contributed by atoms with Gasteiger partial charge < -0.3 is 5.32 Å². The fourth-order valence-electron chi connectivity index (χ4n) is 1.62. The van der Waals surface area contributed by atoms with E-state index in [1.165, 1.54) is 36.4 Å². The summed E-state index contributed by atoms with van der Waals surface area (Å²) in [6, 6.07) is 9.16. The molecule has 2 aromatic rings. The molecule has 0 atom stereocenters. The lowest BCUT2D eigenvalue weighted by Crippen LogP contribution is -2.15. The van der Waals surface area contributed by atoms with Gasteiger partial charge in [0.15, 0.2) is 0 Å². The Morgan fingerprint density at radius 3 is 2.57 bits per heavy atom. The maximum absolute atomic E-state index is 13.2. The highest BCUT2D eigenvalue weighted by Crippen LogP contribution is 2.20. The molecule has 0 aliphatic carbocycles. The molecule has 8 heteroatoms. The third kappa shape index (κ3) is 3.87. The van der Waals surface area contributed by atoms with Crippen molar-refractivity contribution >= 4 is 37.5 Å². The Bertz CT molecular complexity index is 809. The standard InChI is InChI=1S/C13H10BrFN2O3S/c14-12-5-4-8(15)6-11(12)13(18)17-9-2-1-3-10(7-9)21(16,19)20/h1-7H,(H,17,18)(H2,16,19,20). The van der Waals surface area contributed by atoms with E-state index in [1.54, 1.807) is 0 Å². The molecule has 0 fully saturated rings. The zero-order valence-electron chi connectivity index (χ0n) is 10.5. The molecule has 3 N–H and O–H groups in total. The van der Waals surface area contributed by atoms with Gasteiger partial charge in [-0.15, -0.1) is 0 Å². The second kappa shape index (κ2) is 5.92. The number of sulfonamides is 1. The summed E-state index contributed by atoms with van der Waals surface area (Å²) in [4.78, 5) is 11.9. The molecule has 0 saturated heterocycles. The van der Waals surface area contributed by atoms with Gasteiger partial charge in [-0.05, 0) is 52.3 Å². The van der Waals surface area contributed by atoms with Crippen molar-refractivity contribution in [3.8, 4) is 0 Å². The van der Waals surface area contributed by atoms with Crippen LogP contribution in [0.15, 0.2) is 51.8 Å². The molecular formula is C13H10BrFN2O3S. The average molecular weight is 373 g/mol. The van der Waals surface area contributed by atoms with Crippen LogP contribution in [-0.4, -0.2) is 14.3 Å². The van der Waals surface area contributed by atoms with Gasteiger partial charge in [0, 0.05) is 10.2 Å². The number of primary sulfonamides is 1. The molecule has 5 nitrogen and oxygen atoms in total. The minimum absolute atomic E-state index is 0.0935. The quantitative estimate of drug-likeness (QED) is 0.866. The number of anilines is 1. The molecule has 0 radical (unpaired) electrons. The van der Waals surface area contributed by atoms with Crippen LogP contribution in [0, 0.1) is 5.82 Å². The normalized spacial score (nSPS) is 11.2. The molecule has 2 aromatic carbocycles. The first-order chi connectivity index (χ1) is 9.77. The van der Waals surface area contributed by atoms with Crippen LogP contribution in [0.2, 0.25) is 0 Å². The van der Waals surface area contributed by atoms with E-state index in [0.717, 1.165) is 6.07 Å². The molecule has 0 spiro atoms. The summed E-state index contributed by atoms with van der Waals surface area (Å²) in [5, 5.41) is 7.50. The number of amides is 1. The molecule has 0 bridgehead atoms. The highest BCUT2D eigenvalue weighted by molar-refractivity contribution is 9.10. The molecular weight excluding hydrogens is 363 g/mol. The molecule has 0 aliphatic rings. The van der Waals surface area contributed by atoms with Crippen LogP contribution < -0.4 is 10.5 Å². The van der Waals surface area contributed by atoms with Crippen molar-refractivity contribution in [3.63, 3.8) is 0 Å². The van der Waals surface area contributed by atoms with Crippen LogP contribution in [0.3, 0.4) is 0 Å². The number of carbonyl (C=O) groups excluding carboxylic acids is 1. The first kappa shape index (κ1) is 15.6. The van der Waals surface area contributed by atoms with E-state index >= 15 is 0 Å². The van der Waals surface area contributed by atoms with Crippen LogP contribution in [0.5, 0.6) is 0 Å². The summed E-state index contributed by atoms with van der Waals surface area (Å²) in [6.07, 6.45) is 0. The molecule has 0 aliphatic heterocycles. The Kier molecular flexibility index (Phi) is 4.40. The molecule has 2 rings (SSSR count). The van der Waals surface area contributed by atoms with Crippen molar-refractivity contribution in [1.82, 2.24) is 0 Å². The second-order valence-corrected chi connectivity index (χ2v) is 6.57. The Morgan fingerprint density at radius 1 is 1.19 bits per heavy atom. The van der Waals surface area contributed by atoms with Crippen LogP contribution in [-0.2, 0) is 10.0 Å². The van der Waals surface area contributed by atoms with Crippen LogP contribution >= 0.6 is 15.9 Å². The lowest BCUT2D eigenvalue weighted by molar-refractivity contribution is 0.102. The summed E-state index contributed by atoms with van der Waals surface area (Å²) in [5.41, 5.74) is 0.332. The summed E-state index contributed by atoms with van der Waals surface area (Å²) < 4.78 is 36.1. The Hall–Kier alpha value is -1.77. The van der Waals surface area contributed by atoms with Crippen LogP contribution in [0.1, 0.15) is 10.4 Å². The third-order valence-electron chi connectivity index (χ3n) is 2.59. The molecule has 110 valence electrons. The lowest BCUT2D eigenvalue weighted by atomic mass is 10.2. The van der Waals surface area contributed by atoms with Gasteiger partial charge in [-0.1, -0.05) is 6.07 Å². The topological polar surface area (TPSA) is 89.3 Å². The third-order valence-corrected chi connectivity index (χ3v) is 4.20. The number of hydrogen-bond donors (Lipinski definition) is 2. The number of benzene rings is 2. The summed E-state index contributed by atoms with van der Waals surface area (Å²) in [6.45, 7) is 0. The zero-order valence-corrected chi connectivity index (χ0v) is 12.9. The summed E-state index contributed by atoms with van der Waals surface area (Å²) in [7, 11) is -3.86. The van der Waals surface area contributed by atoms with Gasteiger partial charge in [0.05, 0.1) is 10.5 Å². The predicted molar refractivity (Wildman–Crippen MR) is 79.9 cm³/mol. The van der Waals surface area contributed by atoms with Crippen molar-refractivity contribution in [2.75, 3.05) is 5.32 Å². The van der Waals surface area contributed by atoms with Gasteiger partial charge in [-0.25, -0.2) is 17.9 Å². The lowest BCUT2D eigenvalue weighted by Gasteiger charge is -2.08. The fourth-order valence-corrected chi connectivity index (χ4v) is 2.61. The average Bonchev–Trinajstić information content (AvgIpc) is 2.41. The molecule has 0 heterocycles. The van der Waals surface area contributed by atoms with Crippen molar-refractivity contribution in [2.45, 2.75) is 4.90 Å². The van der Waals surface area contributed by atoms with E-state index < -0.39 is 21.7 Å². The number of carbonyl (C=O) groups is 1. The minimum atomic E-state index is -3.86. The molecule has 1 amide bonds. The van der Waals surface area contributed by atoms with Gasteiger partial charge in [0.1, 0.15) is 5.82 Å². The first-order valence-electron chi connectivity index (χ1n) is 5.66. The monoisotopic (exact) mass is 372 g/mol. The maximum Gasteiger partial charge on any atom is 0.256 e. The van der Waals surface area contributed by atoms with Gasteiger partial charge in [0.2, 0.25) is 10.0 Å². The van der Waals surface area contributed by atoms with E-state index in [2.05, 4.69) is 21.2 Å². The smallest absolute Gasteiger partial charge is 0.256 e. The Morgan fingerprint density at radius 2 is 1.90 bits per heavy atom. The number of rotatable bonds is 3. The van der Waals surface area contributed by atoms with Gasteiger partial charge in [0.25, 0.3) is 5.91 Å². The van der Waals surface area contributed by atoms with Gasteiger partial charge in [-0.2, -0.15) is 0 Å². The van der Waals surface area contributed by atoms with E-state index in [1.807, 2.05) is 0 Å². The molecule has 0 aromatic heterocycles. The first-order valence-corrected chi connectivity index (χ1v) is 8.00. The number of nitrogens with one attached hydrogen (secondary N) is 1. The zero-order chi connectivity index (χ0) is 15.6. The van der Waals surface area contributed by atoms with Gasteiger partial charge in [-0.3, -0.25) is 4.79 Å². The summed E-state index contributed by atoms with van der Waals surface area (Å²) in [5.74, 6) is -1.13. The van der Waals surface area contributed by atoms with Crippen molar-refractivity contribution < 1.29 is 17.6 Å². The van der Waals surface area contributed by atoms with Crippen molar-refractivity contribution in [1.29, 1.82) is 0 Å². The largest absolute Gasteiger partial charge is 0.322 e. The van der Waals surface area contributed by atoms with Gasteiger partial charge >= 0.3 is 0 Å². The maximum atomic E-state index is 13.2. The molecule has 21 heavy (non-hydrogen) atoms. The van der Waals surface area contributed by atoms with E-state index in [4.69, 9.17) is 5.14 Å². The van der Waals surface area contributed by atoms with E-state index in [9.17, 15) is 17.6 Å². The summed E-state index contributed by atoms with van der Waals surface area (Å²) >= 11 is 3.15. The van der Waals surface area contributed by atoms with Crippen LogP contribution in [0.4, 0.5) is 10.1 Å². The Balaban J connectivity index is 2.30. The SMILES string of the molecule is NS(=O)(=O)c1cccc(NC(=O)c2cc(F)ccc2Br)c1.